The molecule has 1 aromatic rings. The topological polar surface area (TPSA) is 54.0 Å². The predicted molar refractivity (Wildman–Crippen MR) is 59.3 cm³/mol. The number of likely N-dealkylation sites (N-methyl/N-ethyl adjacent to an activating group) is 1. The molecule has 15 heavy (non-hydrogen) atoms. The minimum absolute atomic E-state index is 0.00379. The number of carbonyl (C=O) groups is 1. The van der Waals surface area contributed by atoms with Gasteiger partial charge in [-0.25, -0.2) is 0 Å². The van der Waals surface area contributed by atoms with E-state index in [4.69, 9.17) is 0 Å². The lowest BCUT2D eigenvalue weighted by Gasteiger charge is -2.18. The summed E-state index contributed by atoms with van der Waals surface area (Å²) in [7, 11) is 1.64. The number of pyridine rings is 1. The van der Waals surface area contributed by atoms with Crippen LogP contribution in [0.4, 0.5) is 0 Å². The first kappa shape index (κ1) is 11.7. The van der Waals surface area contributed by atoms with E-state index in [9.17, 15) is 4.79 Å². The molecule has 82 valence electrons. The van der Waals surface area contributed by atoms with E-state index in [-0.39, 0.29) is 18.0 Å². The Bertz CT molecular complexity index is 313. The maximum Gasteiger partial charge on any atom is 0.236 e. The Morgan fingerprint density at radius 2 is 1.93 bits per heavy atom. The highest BCUT2D eigenvalue weighted by atomic mass is 16.2. The molecule has 0 bridgehead atoms. The van der Waals surface area contributed by atoms with E-state index in [1.807, 2.05) is 26.0 Å². The molecule has 0 spiro atoms. The van der Waals surface area contributed by atoms with Crippen molar-refractivity contribution < 1.29 is 4.79 Å². The molecule has 4 heteroatoms. The Labute approximate surface area is 90.1 Å². The predicted octanol–water partition coefficient (Wildman–Crippen LogP) is 0.867. The van der Waals surface area contributed by atoms with E-state index in [1.54, 1.807) is 19.4 Å². The van der Waals surface area contributed by atoms with Gasteiger partial charge in [0, 0.05) is 25.5 Å². The number of hydrogen-bond donors (Lipinski definition) is 2. The summed E-state index contributed by atoms with van der Waals surface area (Å²) < 4.78 is 0. The molecule has 1 heterocycles. The first-order chi connectivity index (χ1) is 7.15. The SMILES string of the molecule is CNC(=O)C(C)N[C@@H](C)c1ccncc1. The molecular weight excluding hydrogens is 190 g/mol. The molecule has 1 unspecified atom stereocenters. The van der Waals surface area contributed by atoms with Gasteiger partial charge in [0.1, 0.15) is 0 Å². The molecule has 2 N–H and O–H groups in total. The number of hydrogen-bond acceptors (Lipinski definition) is 3. The van der Waals surface area contributed by atoms with Gasteiger partial charge in [-0.05, 0) is 31.5 Å². The largest absolute Gasteiger partial charge is 0.358 e. The number of rotatable bonds is 4. The van der Waals surface area contributed by atoms with Crippen LogP contribution in [-0.4, -0.2) is 24.0 Å². The number of nitrogens with zero attached hydrogens (tertiary/aromatic N) is 1. The van der Waals surface area contributed by atoms with Gasteiger partial charge in [-0.2, -0.15) is 0 Å². The molecule has 0 aromatic carbocycles. The number of carbonyl (C=O) groups excluding carboxylic acids is 1. The van der Waals surface area contributed by atoms with Crippen molar-refractivity contribution in [1.29, 1.82) is 0 Å². The van der Waals surface area contributed by atoms with Gasteiger partial charge in [-0.1, -0.05) is 0 Å². The van der Waals surface area contributed by atoms with Crippen LogP contribution in [0.2, 0.25) is 0 Å². The van der Waals surface area contributed by atoms with Gasteiger partial charge in [-0.3, -0.25) is 15.1 Å². The lowest BCUT2D eigenvalue weighted by Crippen LogP contribution is -2.41. The van der Waals surface area contributed by atoms with E-state index < -0.39 is 0 Å². The van der Waals surface area contributed by atoms with Crippen molar-refractivity contribution in [3.63, 3.8) is 0 Å². The van der Waals surface area contributed by atoms with E-state index >= 15 is 0 Å². The Morgan fingerprint density at radius 3 is 2.47 bits per heavy atom. The summed E-state index contributed by atoms with van der Waals surface area (Å²) >= 11 is 0. The highest BCUT2D eigenvalue weighted by Gasteiger charge is 2.14. The third-order valence-electron chi connectivity index (χ3n) is 2.35. The number of aromatic nitrogens is 1. The molecule has 0 saturated carbocycles. The molecule has 4 nitrogen and oxygen atoms in total. The van der Waals surface area contributed by atoms with Crippen LogP contribution < -0.4 is 10.6 Å². The normalized spacial score (nSPS) is 14.3. The maximum atomic E-state index is 11.3. The summed E-state index contributed by atoms with van der Waals surface area (Å²) in [6, 6.07) is 3.82. The van der Waals surface area contributed by atoms with Gasteiger partial charge < -0.3 is 5.32 Å². The zero-order chi connectivity index (χ0) is 11.3. The van der Waals surface area contributed by atoms with Crippen LogP contribution in [0.1, 0.15) is 25.5 Å². The minimum atomic E-state index is -0.196. The Morgan fingerprint density at radius 1 is 1.33 bits per heavy atom. The van der Waals surface area contributed by atoms with E-state index in [1.165, 1.54) is 0 Å². The maximum absolute atomic E-state index is 11.3. The Balaban J connectivity index is 2.56. The summed E-state index contributed by atoms with van der Waals surface area (Å²) in [4.78, 5) is 15.2. The van der Waals surface area contributed by atoms with E-state index in [0.29, 0.717) is 0 Å². The fourth-order valence-corrected chi connectivity index (χ4v) is 1.42. The first-order valence-electron chi connectivity index (χ1n) is 5.02. The molecule has 2 atom stereocenters. The van der Waals surface area contributed by atoms with E-state index in [2.05, 4.69) is 15.6 Å². The third kappa shape index (κ3) is 3.32. The number of nitrogens with one attached hydrogen (secondary N) is 2. The lowest BCUT2D eigenvalue weighted by atomic mass is 10.1. The van der Waals surface area contributed by atoms with Crippen molar-refractivity contribution in [2.24, 2.45) is 0 Å². The van der Waals surface area contributed by atoms with Crippen LogP contribution in [0.15, 0.2) is 24.5 Å². The molecule has 0 aliphatic rings. The standard InChI is InChI=1S/C11H17N3O/c1-8(10-4-6-13-7-5-10)14-9(2)11(15)12-3/h4-9,14H,1-3H3,(H,12,15)/t8-,9?/m0/s1. The average molecular weight is 207 g/mol. The van der Waals surface area contributed by atoms with Crippen LogP contribution in [-0.2, 0) is 4.79 Å². The smallest absolute Gasteiger partial charge is 0.236 e. The van der Waals surface area contributed by atoms with E-state index in [0.717, 1.165) is 5.56 Å². The Kier molecular flexibility index (Phi) is 4.24. The molecule has 1 aromatic heterocycles. The van der Waals surface area contributed by atoms with Crippen LogP contribution in [0.5, 0.6) is 0 Å². The zero-order valence-corrected chi connectivity index (χ0v) is 9.32. The molecule has 0 aliphatic carbocycles. The van der Waals surface area contributed by atoms with Crippen molar-refractivity contribution >= 4 is 5.91 Å². The quantitative estimate of drug-likeness (QED) is 0.770. The molecule has 0 saturated heterocycles. The summed E-state index contributed by atoms with van der Waals surface area (Å²) in [5, 5.41) is 5.81. The minimum Gasteiger partial charge on any atom is -0.358 e. The van der Waals surface area contributed by atoms with Crippen molar-refractivity contribution in [3.05, 3.63) is 30.1 Å². The van der Waals surface area contributed by atoms with Crippen molar-refractivity contribution in [3.8, 4) is 0 Å². The van der Waals surface area contributed by atoms with Gasteiger partial charge >= 0.3 is 0 Å². The van der Waals surface area contributed by atoms with Crippen LogP contribution in [0.3, 0.4) is 0 Å². The van der Waals surface area contributed by atoms with Crippen LogP contribution >= 0.6 is 0 Å². The van der Waals surface area contributed by atoms with Gasteiger partial charge in [0.2, 0.25) is 5.91 Å². The monoisotopic (exact) mass is 207 g/mol. The third-order valence-corrected chi connectivity index (χ3v) is 2.35. The zero-order valence-electron chi connectivity index (χ0n) is 9.32. The molecule has 0 aliphatic heterocycles. The second-order valence-electron chi connectivity index (χ2n) is 3.50. The average Bonchev–Trinajstić information content (AvgIpc) is 2.29. The summed E-state index contributed by atoms with van der Waals surface area (Å²) in [5.41, 5.74) is 1.13. The van der Waals surface area contributed by atoms with Gasteiger partial charge in [0.15, 0.2) is 0 Å². The highest BCUT2D eigenvalue weighted by Crippen LogP contribution is 2.10. The second-order valence-corrected chi connectivity index (χ2v) is 3.50. The molecule has 1 rings (SSSR count). The fraction of sp³-hybridized carbons (Fsp3) is 0.455. The Hall–Kier alpha value is -1.42. The number of amides is 1. The van der Waals surface area contributed by atoms with Crippen molar-refractivity contribution in [1.82, 2.24) is 15.6 Å². The fourth-order valence-electron chi connectivity index (χ4n) is 1.42. The van der Waals surface area contributed by atoms with Gasteiger partial charge in [-0.15, -0.1) is 0 Å². The summed E-state index contributed by atoms with van der Waals surface area (Å²) in [6.45, 7) is 3.87. The molecule has 0 radical (unpaired) electrons. The molecule has 1 amide bonds. The van der Waals surface area contributed by atoms with Gasteiger partial charge in [0.05, 0.1) is 6.04 Å². The first-order valence-corrected chi connectivity index (χ1v) is 5.02. The van der Waals surface area contributed by atoms with Crippen molar-refractivity contribution in [2.45, 2.75) is 25.9 Å². The van der Waals surface area contributed by atoms with Crippen molar-refractivity contribution in [2.75, 3.05) is 7.05 Å². The highest BCUT2D eigenvalue weighted by molar-refractivity contribution is 5.80. The van der Waals surface area contributed by atoms with Crippen LogP contribution in [0.25, 0.3) is 0 Å². The molecule has 0 fully saturated rings. The molecular formula is C11H17N3O. The second kappa shape index (κ2) is 5.46. The van der Waals surface area contributed by atoms with Gasteiger partial charge in [0.25, 0.3) is 0 Å². The summed E-state index contributed by atoms with van der Waals surface area (Å²) in [6.07, 6.45) is 3.50. The van der Waals surface area contributed by atoms with Crippen LogP contribution in [0, 0.1) is 0 Å². The lowest BCUT2D eigenvalue weighted by molar-refractivity contribution is -0.122. The summed E-state index contributed by atoms with van der Waals surface area (Å²) in [5.74, 6) is -0.00379.